The number of furan rings is 1. The van der Waals surface area contributed by atoms with Gasteiger partial charge < -0.3 is 13.6 Å². The van der Waals surface area contributed by atoms with Gasteiger partial charge in [-0.2, -0.15) is 0 Å². The van der Waals surface area contributed by atoms with Crippen molar-refractivity contribution in [1.82, 2.24) is 0 Å². The lowest BCUT2D eigenvalue weighted by molar-refractivity contribution is 0.0491. The molecular weight excluding hydrogens is 272 g/mol. The Morgan fingerprint density at radius 1 is 1.14 bits per heavy atom. The van der Waals surface area contributed by atoms with Crippen molar-refractivity contribution in [3.63, 3.8) is 0 Å². The minimum Gasteiger partial charge on any atom is -0.460 e. The maximum absolute atomic E-state index is 11.6. The third kappa shape index (κ3) is 2.45. The van der Waals surface area contributed by atoms with E-state index in [1.54, 1.807) is 25.1 Å². The van der Waals surface area contributed by atoms with Crippen molar-refractivity contribution >= 4 is 16.9 Å². The Labute approximate surface area is 119 Å². The molecule has 0 aliphatic heterocycles. The standard InChI is InChI=1S/C16H12O5/c1-2-19-16(18)14-8-7-13(20-14)11-9-15(17)21-12-6-4-3-5-10(11)12/h3-9H,2H2,1H3. The fraction of sp³-hybridized carbons (Fsp3) is 0.125. The molecule has 0 spiro atoms. The van der Waals surface area contributed by atoms with Crippen LogP contribution in [0.15, 0.2) is 56.1 Å². The molecule has 0 saturated carbocycles. The Morgan fingerprint density at radius 3 is 2.76 bits per heavy atom. The highest BCUT2D eigenvalue weighted by atomic mass is 16.5. The van der Waals surface area contributed by atoms with Crippen LogP contribution in [-0.4, -0.2) is 12.6 Å². The Morgan fingerprint density at radius 2 is 1.95 bits per heavy atom. The Kier molecular flexibility index (Phi) is 3.31. The topological polar surface area (TPSA) is 69.7 Å². The molecule has 1 aromatic carbocycles. The number of para-hydroxylation sites is 1. The smallest absolute Gasteiger partial charge is 0.374 e. The summed E-state index contributed by atoms with van der Waals surface area (Å²) < 4.78 is 15.5. The fourth-order valence-corrected chi connectivity index (χ4v) is 2.11. The average Bonchev–Trinajstić information content (AvgIpc) is 2.96. The van der Waals surface area contributed by atoms with Crippen LogP contribution in [0.25, 0.3) is 22.3 Å². The fourth-order valence-electron chi connectivity index (χ4n) is 2.11. The molecule has 0 atom stereocenters. The molecule has 0 amide bonds. The largest absolute Gasteiger partial charge is 0.460 e. The lowest BCUT2D eigenvalue weighted by Gasteiger charge is -2.02. The van der Waals surface area contributed by atoms with E-state index in [1.807, 2.05) is 12.1 Å². The molecule has 5 heteroatoms. The zero-order chi connectivity index (χ0) is 14.8. The van der Waals surface area contributed by atoms with E-state index in [-0.39, 0.29) is 12.4 Å². The molecule has 0 saturated heterocycles. The number of carbonyl (C=O) groups is 1. The Balaban J connectivity index is 2.13. The van der Waals surface area contributed by atoms with Gasteiger partial charge in [0.1, 0.15) is 11.3 Å². The summed E-state index contributed by atoms with van der Waals surface area (Å²) in [5.41, 5.74) is 0.573. The predicted molar refractivity (Wildman–Crippen MR) is 76.1 cm³/mol. The Hall–Kier alpha value is -2.82. The number of fused-ring (bicyclic) bond motifs is 1. The van der Waals surface area contributed by atoms with Crippen LogP contribution in [0, 0.1) is 0 Å². The maximum Gasteiger partial charge on any atom is 0.374 e. The second kappa shape index (κ2) is 5.28. The molecule has 0 unspecified atom stereocenters. The average molecular weight is 284 g/mol. The van der Waals surface area contributed by atoms with Crippen LogP contribution >= 0.6 is 0 Å². The lowest BCUT2D eigenvalue weighted by Crippen LogP contribution is -2.02. The summed E-state index contributed by atoms with van der Waals surface area (Å²) in [5.74, 6) is -0.0117. The molecule has 2 aromatic heterocycles. The summed E-state index contributed by atoms with van der Waals surface area (Å²) in [6.45, 7) is 1.99. The van der Waals surface area contributed by atoms with Crippen LogP contribution in [0.2, 0.25) is 0 Å². The molecule has 3 aromatic rings. The minimum atomic E-state index is -0.531. The van der Waals surface area contributed by atoms with Gasteiger partial charge in [0, 0.05) is 17.0 Å². The summed E-state index contributed by atoms with van der Waals surface area (Å²) in [5, 5.41) is 0.738. The van der Waals surface area contributed by atoms with Gasteiger partial charge in [-0.1, -0.05) is 18.2 Å². The van der Waals surface area contributed by atoms with Gasteiger partial charge in [0.2, 0.25) is 5.76 Å². The van der Waals surface area contributed by atoms with Gasteiger partial charge in [-0.3, -0.25) is 0 Å². The van der Waals surface area contributed by atoms with Crippen molar-refractivity contribution in [2.45, 2.75) is 6.92 Å². The number of carbonyl (C=O) groups excluding carboxylic acids is 1. The van der Waals surface area contributed by atoms with Crippen LogP contribution in [0.5, 0.6) is 0 Å². The van der Waals surface area contributed by atoms with Crippen LogP contribution in [-0.2, 0) is 4.74 Å². The molecule has 0 N–H and O–H groups in total. The first-order chi connectivity index (χ1) is 10.2. The molecule has 0 fully saturated rings. The Bertz CT molecular complexity index is 856. The SMILES string of the molecule is CCOC(=O)c1ccc(-c2cc(=O)oc3ccccc23)o1. The highest BCUT2D eigenvalue weighted by Gasteiger charge is 2.15. The minimum absolute atomic E-state index is 0.101. The van der Waals surface area contributed by atoms with Crippen molar-refractivity contribution in [2.24, 2.45) is 0 Å². The molecule has 5 nitrogen and oxygen atoms in total. The number of benzene rings is 1. The van der Waals surface area contributed by atoms with Crippen LogP contribution in [0.1, 0.15) is 17.5 Å². The molecule has 3 rings (SSSR count). The zero-order valence-electron chi connectivity index (χ0n) is 11.3. The molecule has 0 radical (unpaired) electrons. The number of esters is 1. The van der Waals surface area contributed by atoms with E-state index in [0.717, 1.165) is 5.39 Å². The maximum atomic E-state index is 11.6. The summed E-state index contributed by atoms with van der Waals surface area (Å²) >= 11 is 0. The van der Waals surface area contributed by atoms with E-state index in [0.29, 0.717) is 16.9 Å². The lowest BCUT2D eigenvalue weighted by atomic mass is 10.1. The molecule has 21 heavy (non-hydrogen) atoms. The van der Waals surface area contributed by atoms with E-state index in [2.05, 4.69) is 0 Å². The number of hydrogen-bond donors (Lipinski definition) is 0. The molecule has 0 aliphatic carbocycles. The second-order valence-electron chi connectivity index (χ2n) is 4.36. The molecule has 0 aliphatic rings. The molecule has 2 heterocycles. The zero-order valence-corrected chi connectivity index (χ0v) is 11.3. The first-order valence-corrected chi connectivity index (χ1v) is 6.49. The van der Waals surface area contributed by atoms with E-state index in [4.69, 9.17) is 13.6 Å². The van der Waals surface area contributed by atoms with E-state index < -0.39 is 11.6 Å². The summed E-state index contributed by atoms with van der Waals surface area (Å²) in [6, 6.07) is 11.6. The summed E-state index contributed by atoms with van der Waals surface area (Å²) in [7, 11) is 0. The monoisotopic (exact) mass is 284 g/mol. The molecule has 106 valence electrons. The first-order valence-electron chi connectivity index (χ1n) is 6.49. The van der Waals surface area contributed by atoms with E-state index in [1.165, 1.54) is 12.1 Å². The van der Waals surface area contributed by atoms with E-state index in [9.17, 15) is 9.59 Å². The third-order valence-electron chi connectivity index (χ3n) is 3.00. The van der Waals surface area contributed by atoms with Crippen molar-refractivity contribution in [3.05, 3.63) is 58.6 Å². The van der Waals surface area contributed by atoms with Gasteiger partial charge in [0.25, 0.3) is 0 Å². The van der Waals surface area contributed by atoms with Crippen molar-refractivity contribution in [2.75, 3.05) is 6.61 Å². The van der Waals surface area contributed by atoms with Gasteiger partial charge >= 0.3 is 11.6 Å². The van der Waals surface area contributed by atoms with Crippen LogP contribution in [0.3, 0.4) is 0 Å². The first kappa shape index (κ1) is 13.2. The van der Waals surface area contributed by atoms with Crippen molar-refractivity contribution < 1.29 is 18.4 Å². The second-order valence-corrected chi connectivity index (χ2v) is 4.36. The summed E-state index contributed by atoms with van der Waals surface area (Å²) in [4.78, 5) is 23.2. The highest BCUT2D eigenvalue weighted by molar-refractivity contribution is 5.93. The highest BCUT2D eigenvalue weighted by Crippen LogP contribution is 2.28. The number of ether oxygens (including phenoxy) is 1. The quantitative estimate of drug-likeness (QED) is 0.545. The van der Waals surface area contributed by atoms with E-state index >= 15 is 0 Å². The van der Waals surface area contributed by atoms with Gasteiger partial charge in [0.05, 0.1) is 6.61 Å². The van der Waals surface area contributed by atoms with Crippen molar-refractivity contribution in [3.8, 4) is 11.3 Å². The van der Waals surface area contributed by atoms with Gasteiger partial charge in [-0.15, -0.1) is 0 Å². The number of hydrogen-bond acceptors (Lipinski definition) is 5. The normalized spacial score (nSPS) is 10.7. The van der Waals surface area contributed by atoms with Crippen molar-refractivity contribution in [1.29, 1.82) is 0 Å². The van der Waals surface area contributed by atoms with Gasteiger partial charge in [0.15, 0.2) is 0 Å². The summed E-state index contributed by atoms with van der Waals surface area (Å²) in [6.07, 6.45) is 0. The third-order valence-corrected chi connectivity index (χ3v) is 3.00. The van der Waals surface area contributed by atoms with Gasteiger partial charge in [-0.05, 0) is 25.1 Å². The van der Waals surface area contributed by atoms with Crippen LogP contribution < -0.4 is 5.63 Å². The predicted octanol–water partition coefficient (Wildman–Crippen LogP) is 3.23. The molecular formula is C16H12O5. The number of rotatable bonds is 3. The molecule has 0 bridgehead atoms. The van der Waals surface area contributed by atoms with Crippen LogP contribution in [0.4, 0.5) is 0 Å². The van der Waals surface area contributed by atoms with Gasteiger partial charge in [-0.25, -0.2) is 9.59 Å².